The van der Waals surface area contributed by atoms with Gasteiger partial charge in [-0.05, 0) is 0 Å². The van der Waals surface area contributed by atoms with Crippen molar-refractivity contribution in [1.82, 2.24) is 0 Å². The molecule has 0 heterocycles. The average molecular weight is 552 g/mol. The van der Waals surface area contributed by atoms with Gasteiger partial charge in [0.1, 0.15) is 0 Å². The molecule has 0 aromatic heterocycles. The molecule has 0 rings (SSSR count). The minimum Gasteiger partial charge on any atom is -0.759 e. The zero-order valence-corrected chi connectivity index (χ0v) is 20.9. The third-order valence-corrected chi connectivity index (χ3v) is 0. The Hall–Kier alpha value is -3.17. The van der Waals surface area contributed by atoms with Crippen molar-refractivity contribution < 1.29 is 51.7 Å². The fraction of sp³-hybridized carbons (Fsp3) is 0.500. The average Bonchev–Trinajstić information content (AvgIpc) is 2.51. The van der Waals surface area contributed by atoms with Crippen molar-refractivity contribution in [3.8, 4) is 48.6 Å². The largest absolute Gasteiger partial charge is 1.00 e. The van der Waals surface area contributed by atoms with Crippen molar-refractivity contribution in [3.05, 3.63) is 0 Å². The molecule has 0 bridgehead atoms. The maximum absolute atomic E-state index is 8.52. The molecule has 0 unspecified atom stereocenters. The summed E-state index contributed by atoms with van der Waals surface area (Å²) in [6.07, 6.45) is 0. The number of nitriles is 8. The smallest absolute Gasteiger partial charge is 0.759 e. The molecule has 0 saturated heterocycles. The molecule has 0 aliphatic rings. The topological polar surface area (TPSA) is 271 Å². The Balaban J connectivity index is -0.0000000161. The normalized spacial score (nSPS) is 3.94. The molecule has 0 saturated carbocycles. The molecule has 0 fully saturated rings. The monoisotopic (exact) mass is 550 g/mol. The maximum atomic E-state index is 8.52. The third-order valence-electron chi connectivity index (χ3n) is 0. The van der Waals surface area contributed by atoms with E-state index in [0.29, 0.717) is 0 Å². The van der Waals surface area contributed by atoms with E-state index in [4.69, 9.17) is 59.6 Å². The summed E-state index contributed by atoms with van der Waals surface area (Å²) in [7, 11) is -5.17. The molecule has 31 heavy (non-hydrogen) atoms. The van der Waals surface area contributed by atoms with Crippen LogP contribution in [0, 0.1) is 90.6 Å². The molecule has 12 nitrogen and oxygen atoms in total. The van der Waals surface area contributed by atoms with Crippen molar-refractivity contribution in [3.63, 3.8) is 0 Å². The van der Waals surface area contributed by atoms with Crippen molar-refractivity contribution >= 4 is 10.4 Å². The van der Waals surface area contributed by atoms with E-state index in [1.54, 1.807) is 48.6 Å². The molecule has 0 aliphatic carbocycles. The zero-order chi connectivity index (χ0) is 26.2. The van der Waals surface area contributed by atoms with E-state index in [0.717, 1.165) is 0 Å². The van der Waals surface area contributed by atoms with Gasteiger partial charge in [0.15, 0.2) is 0 Å². The van der Waals surface area contributed by atoms with Gasteiger partial charge in [-0.25, -0.2) is 0 Å². The Morgan fingerprint density at radius 2 is 0.419 bits per heavy atom. The van der Waals surface area contributed by atoms with Gasteiger partial charge < -0.3 is 9.11 Å². The summed E-state index contributed by atoms with van der Waals surface area (Å²) in [6.45, 7) is 11.4. The van der Waals surface area contributed by atoms with Gasteiger partial charge in [-0.1, -0.05) is 0 Å². The van der Waals surface area contributed by atoms with E-state index in [9.17, 15) is 0 Å². The van der Waals surface area contributed by atoms with Gasteiger partial charge in [-0.2, -0.15) is 42.1 Å². The van der Waals surface area contributed by atoms with Crippen LogP contribution in [-0.4, -0.2) is 17.5 Å². The van der Waals surface area contributed by atoms with E-state index >= 15 is 0 Å². The first kappa shape index (κ1) is 70.7. The Labute approximate surface area is 207 Å². The van der Waals surface area contributed by atoms with Gasteiger partial charge in [0, 0.05) is 65.8 Å². The molecular formula is C16H24Cu2N8O4S. The first-order chi connectivity index (χ1) is 13.3. The number of rotatable bonds is 0. The minimum atomic E-state index is -5.17. The van der Waals surface area contributed by atoms with Gasteiger partial charge in [0.25, 0.3) is 0 Å². The zero-order valence-electron chi connectivity index (χ0n) is 18.2. The predicted molar refractivity (Wildman–Crippen MR) is 101 cm³/mol. The molecule has 0 radical (unpaired) electrons. The Kier molecular flexibility index (Phi) is 348. The Morgan fingerprint density at radius 3 is 0.419 bits per heavy atom. The van der Waals surface area contributed by atoms with Crippen LogP contribution in [-0.2, 0) is 44.5 Å². The van der Waals surface area contributed by atoms with Crippen LogP contribution in [0.5, 0.6) is 0 Å². The van der Waals surface area contributed by atoms with Crippen LogP contribution in [0.15, 0.2) is 0 Å². The SMILES string of the molecule is CC#N.CC#N.CC#N.CC#N.CC#N.CC#N.CC#N.CC#N.O=S(=O)([O-])[O-].[Cu+].[Cu+]. The predicted octanol–water partition coefficient (Wildman–Crippen LogP) is 2.90. The van der Waals surface area contributed by atoms with Crippen LogP contribution < -0.4 is 0 Å². The summed E-state index contributed by atoms with van der Waals surface area (Å²) in [5.41, 5.74) is 0. The third kappa shape index (κ3) is 1640. The van der Waals surface area contributed by atoms with E-state index in [2.05, 4.69) is 0 Å². The Morgan fingerprint density at radius 1 is 0.419 bits per heavy atom. The molecule has 180 valence electrons. The Bertz CT molecular complexity index is 555. The van der Waals surface area contributed by atoms with Crippen molar-refractivity contribution in [2.24, 2.45) is 0 Å². The van der Waals surface area contributed by atoms with Crippen molar-refractivity contribution in [2.75, 3.05) is 0 Å². The van der Waals surface area contributed by atoms with Crippen LogP contribution in [0.1, 0.15) is 55.4 Å². The molecule has 0 spiro atoms. The minimum absolute atomic E-state index is 0. The summed E-state index contributed by atoms with van der Waals surface area (Å²) in [5.74, 6) is 0. The van der Waals surface area contributed by atoms with Gasteiger partial charge in [-0.3, -0.25) is 8.42 Å². The standard InChI is InChI=1S/8C2H3N.2Cu.H2O4S/c8*1-2-3;;;1-5(2,3)4/h8*1H3;;;(H2,1,2,3,4)/q;;;;;;;;2*+1;/p-2. The summed E-state index contributed by atoms with van der Waals surface area (Å²) in [4.78, 5) is 0. The first-order valence-corrected chi connectivity index (χ1v) is 7.79. The number of hydrogen-bond donors (Lipinski definition) is 0. The summed E-state index contributed by atoms with van der Waals surface area (Å²) in [6, 6.07) is 14.0. The fourth-order valence-electron chi connectivity index (χ4n) is 0. The van der Waals surface area contributed by atoms with Crippen LogP contribution in [0.2, 0.25) is 0 Å². The van der Waals surface area contributed by atoms with Gasteiger partial charge in [0.2, 0.25) is 0 Å². The first-order valence-electron chi connectivity index (χ1n) is 6.46. The molecule has 0 aromatic carbocycles. The second-order valence-corrected chi connectivity index (χ2v) is 3.01. The van der Waals surface area contributed by atoms with Crippen LogP contribution in [0.4, 0.5) is 0 Å². The van der Waals surface area contributed by atoms with Crippen molar-refractivity contribution in [1.29, 1.82) is 42.1 Å². The summed E-state index contributed by atoms with van der Waals surface area (Å²) < 4.78 is 34.1. The van der Waals surface area contributed by atoms with Crippen molar-refractivity contribution in [2.45, 2.75) is 55.4 Å². The fourth-order valence-corrected chi connectivity index (χ4v) is 0. The van der Waals surface area contributed by atoms with Gasteiger partial charge >= 0.3 is 34.1 Å². The molecule has 0 amide bonds. The molecule has 0 aromatic rings. The quantitative estimate of drug-likeness (QED) is 0.239. The second kappa shape index (κ2) is 153. The summed E-state index contributed by atoms with van der Waals surface area (Å²) in [5, 5.41) is 58.6. The molecule has 0 atom stereocenters. The van der Waals surface area contributed by atoms with Crippen LogP contribution >= 0.6 is 0 Å². The molecule has 0 N–H and O–H groups in total. The van der Waals surface area contributed by atoms with E-state index < -0.39 is 10.4 Å². The van der Waals surface area contributed by atoms with E-state index in [1.807, 2.05) is 0 Å². The van der Waals surface area contributed by atoms with E-state index in [1.165, 1.54) is 55.4 Å². The number of nitrogens with zero attached hydrogens (tertiary/aromatic N) is 8. The van der Waals surface area contributed by atoms with Gasteiger partial charge in [0.05, 0.1) is 48.6 Å². The van der Waals surface area contributed by atoms with Gasteiger partial charge in [-0.15, -0.1) is 0 Å². The van der Waals surface area contributed by atoms with Crippen LogP contribution in [0.25, 0.3) is 0 Å². The maximum Gasteiger partial charge on any atom is 1.00 e. The summed E-state index contributed by atoms with van der Waals surface area (Å²) >= 11 is 0. The molecule has 15 heteroatoms. The van der Waals surface area contributed by atoms with E-state index in [-0.39, 0.29) is 34.1 Å². The molecular weight excluding hydrogens is 527 g/mol. The molecule has 0 aliphatic heterocycles. The van der Waals surface area contributed by atoms with Crippen LogP contribution in [0.3, 0.4) is 0 Å². The number of hydrogen-bond acceptors (Lipinski definition) is 12. The second-order valence-electron chi connectivity index (χ2n) is 2.20.